The van der Waals surface area contributed by atoms with E-state index in [4.69, 9.17) is 10.5 Å². The van der Waals surface area contributed by atoms with Gasteiger partial charge in [-0.1, -0.05) is 32.9 Å². The Kier molecular flexibility index (Phi) is 4.15. The second-order valence-corrected chi connectivity index (χ2v) is 7.70. The zero-order valence-electron chi connectivity index (χ0n) is 13.6. The van der Waals surface area contributed by atoms with Crippen molar-refractivity contribution in [2.24, 2.45) is 17.1 Å². The maximum Gasteiger partial charge on any atom is 0.120 e. The van der Waals surface area contributed by atoms with E-state index in [9.17, 15) is 0 Å². The SMILES string of the molecule is CC1CC(C)(C)CC(N)(c2cccc(OC(C)C)c2)C1. The minimum atomic E-state index is -0.225. The molecule has 112 valence electrons. The first-order valence-corrected chi connectivity index (χ1v) is 7.76. The van der Waals surface area contributed by atoms with Crippen molar-refractivity contribution < 1.29 is 4.74 Å². The topological polar surface area (TPSA) is 35.2 Å². The van der Waals surface area contributed by atoms with Crippen LogP contribution >= 0.6 is 0 Å². The summed E-state index contributed by atoms with van der Waals surface area (Å²) in [6.07, 6.45) is 3.55. The fourth-order valence-corrected chi connectivity index (χ4v) is 4.01. The number of hydrogen-bond donors (Lipinski definition) is 1. The summed E-state index contributed by atoms with van der Waals surface area (Å²) >= 11 is 0. The summed E-state index contributed by atoms with van der Waals surface area (Å²) in [6, 6.07) is 8.37. The second-order valence-electron chi connectivity index (χ2n) is 7.70. The van der Waals surface area contributed by atoms with Gasteiger partial charge in [0.25, 0.3) is 0 Å². The van der Waals surface area contributed by atoms with Crippen LogP contribution in [0.5, 0.6) is 5.75 Å². The molecule has 2 atom stereocenters. The number of hydrogen-bond acceptors (Lipinski definition) is 2. The van der Waals surface area contributed by atoms with E-state index in [1.165, 1.54) is 12.0 Å². The van der Waals surface area contributed by atoms with Crippen molar-refractivity contribution in [2.45, 2.75) is 65.5 Å². The van der Waals surface area contributed by atoms with Crippen LogP contribution in [0, 0.1) is 11.3 Å². The average Bonchev–Trinajstić information content (AvgIpc) is 2.24. The molecule has 2 N–H and O–H groups in total. The minimum Gasteiger partial charge on any atom is -0.491 e. The lowest BCUT2D eigenvalue weighted by Crippen LogP contribution is -2.46. The van der Waals surface area contributed by atoms with Gasteiger partial charge in [-0.15, -0.1) is 0 Å². The van der Waals surface area contributed by atoms with Gasteiger partial charge < -0.3 is 10.5 Å². The molecule has 1 aliphatic rings. The minimum absolute atomic E-state index is 0.195. The van der Waals surface area contributed by atoms with Crippen LogP contribution in [0.15, 0.2) is 24.3 Å². The molecule has 0 spiro atoms. The van der Waals surface area contributed by atoms with Crippen LogP contribution in [0.2, 0.25) is 0 Å². The van der Waals surface area contributed by atoms with Crippen molar-refractivity contribution in [3.63, 3.8) is 0 Å². The summed E-state index contributed by atoms with van der Waals surface area (Å²) in [6.45, 7) is 11.1. The van der Waals surface area contributed by atoms with Gasteiger partial charge in [0.1, 0.15) is 5.75 Å². The quantitative estimate of drug-likeness (QED) is 0.883. The maximum absolute atomic E-state index is 6.79. The molecule has 1 aliphatic carbocycles. The van der Waals surface area contributed by atoms with Crippen LogP contribution in [-0.4, -0.2) is 6.10 Å². The molecule has 0 saturated heterocycles. The largest absolute Gasteiger partial charge is 0.491 e. The third-order valence-electron chi connectivity index (χ3n) is 4.19. The Hall–Kier alpha value is -1.02. The summed E-state index contributed by atoms with van der Waals surface area (Å²) in [5.41, 5.74) is 8.09. The lowest BCUT2D eigenvalue weighted by atomic mass is 9.62. The molecule has 1 saturated carbocycles. The smallest absolute Gasteiger partial charge is 0.120 e. The van der Waals surface area contributed by atoms with Crippen LogP contribution in [0.4, 0.5) is 0 Å². The fourth-order valence-electron chi connectivity index (χ4n) is 4.01. The van der Waals surface area contributed by atoms with Crippen molar-refractivity contribution >= 4 is 0 Å². The normalized spacial score (nSPS) is 29.4. The molecule has 2 nitrogen and oxygen atoms in total. The van der Waals surface area contributed by atoms with Crippen molar-refractivity contribution in [2.75, 3.05) is 0 Å². The van der Waals surface area contributed by atoms with E-state index in [0.717, 1.165) is 18.6 Å². The molecule has 0 aromatic heterocycles. The molecule has 0 radical (unpaired) electrons. The van der Waals surface area contributed by atoms with Gasteiger partial charge in [0.15, 0.2) is 0 Å². The van der Waals surface area contributed by atoms with Gasteiger partial charge in [-0.05, 0) is 62.1 Å². The van der Waals surface area contributed by atoms with E-state index < -0.39 is 0 Å². The molecule has 1 aromatic carbocycles. The van der Waals surface area contributed by atoms with Gasteiger partial charge in [-0.25, -0.2) is 0 Å². The Labute approximate surface area is 123 Å². The Bertz CT molecular complexity index is 466. The molecular formula is C18H29NO. The van der Waals surface area contributed by atoms with Gasteiger partial charge in [0.2, 0.25) is 0 Å². The Morgan fingerprint density at radius 1 is 1.25 bits per heavy atom. The van der Waals surface area contributed by atoms with Crippen LogP contribution in [-0.2, 0) is 5.54 Å². The van der Waals surface area contributed by atoms with E-state index in [0.29, 0.717) is 11.3 Å². The maximum atomic E-state index is 6.79. The molecule has 0 aliphatic heterocycles. The van der Waals surface area contributed by atoms with E-state index >= 15 is 0 Å². The highest BCUT2D eigenvalue weighted by molar-refractivity contribution is 5.34. The standard InChI is InChI=1S/C18H29NO/c1-13(2)20-16-8-6-7-15(9-16)18(19)11-14(3)10-17(4,5)12-18/h6-9,13-14H,10-12,19H2,1-5H3. The number of rotatable bonds is 3. The molecule has 20 heavy (non-hydrogen) atoms. The van der Waals surface area contributed by atoms with Crippen molar-refractivity contribution in [3.05, 3.63) is 29.8 Å². The van der Waals surface area contributed by atoms with E-state index in [-0.39, 0.29) is 11.6 Å². The first-order chi connectivity index (χ1) is 9.20. The number of nitrogens with two attached hydrogens (primary N) is 1. The first-order valence-electron chi connectivity index (χ1n) is 7.76. The first kappa shape index (κ1) is 15.4. The predicted molar refractivity (Wildman–Crippen MR) is 84.9 cm³/mol. The molecule has 0 amide bonds. The third-order valence-corrected chi connectivity index (χ3v) is 4.19. The second kappa shape index (κ2) is 5.40. The Morgan fingerprint density at radius 3 is 2.55 bits per heavy atom. The molecule has 2 unspecified atom stereocenters. The Balaban J connectivity index is 2.29. The van der Waals surface area contributed by atoms with Crippen LogP contribution < -0.4 is 10.5 Å². The van der Waals surface area contributed by atoms with Crippen molar-refractivity contribution in [3.8, 4) is 5.75 Å². The molecule has 1 fully saturated rings. The van der Waals surface area contributed by atoms with Crippen LogP contribution in [0.25, 0.3) is 0 Å². The molecule has 0 bridgehead atoms. The molecule has 0 heterocycles. The zero-order valence-corrected chi connectivity index (χ0v) is 13.6. The zero-order chi connectivity index (χ0) is 15.0. The van der Waals surface area contributed by atoms with E-state index in [1.54, 1.807) is 0 Å². The summed E-state index contributed by atoms with van der Waals surface area (Å²) in [4.78, 5) is 0. The van der Waals surface area contributed by atoms with Gasteiger partial charge in [0.05, 0.1) is 6.10 Å². The highest BCUT2D eigenvalue weighted by Gasteiger charge is 2.41. The van der Waals surface area contributed by atoms with Gasteiger partial charge in [-0.3, -0.25) is 0 Å². The van der Waals surface area contributed by atoms with E-state index in [1.807, 2.05) is 6.07 Å². The molecular weight excluding hydrogens is 246 g/mol. The molecule has 2 heteroatoms. The predicted octanol–water partition coefficient (Wildman–Crippen LogP) is 4.47. The van der Waals surface area contributed by atoms with Crippen molar-refractivity contribution in [1.29, 1.82) is 0 Å². The summed E-state index contributed by atoms with van der Waals surface area (Å²) in [5.74, 6) is 1.59. The highest BCUT2D eigenvalue weighted by Crippen LogP contribution is 2.47. The highest BCUT2D eigenvalue weighted by atomic mass is 16.5. The lowest BCUT2D eigenvalue weighted by molar-refractivity contribution is 0.107. The Morgan fingerprint density at radius 2 is 1.95 bits per heavy atom. The lowest BCUT2D eigenvalue weighted by Gasteiger charge is -2.46. The number of ether oxygens (including phenoxy) is 1. The summed E-state index contributed by atoms with van der Waals surface area (Å²) < 4.78 is 5.81. The third kappa shape index (κ3) is 3.54. The average molecular weight is 275 g/mol. The van der Waals surface area contributed by atoms with Gasteiger partial charge >= 0.3 is 0 Å². The van der Waals surface area contributed by atoms with Gasteiger partial charge in [0, 0.05) is 5.54 Å². The monoisotopic (exact) mass is 275 g/mol. The van der Waals surface area contributed by atoms with Crippen molar-refractivity contribution in [1.82, 2.24) is 0 Å². The molecule has 2 rings (SSSR count). The summed E-state index contributed by atoms with van der Waals surface area (Å²) in [7, 11) is 0. The summed E-state index contributed by atoms with van der Waals surface area (Å²) in [5, 5.41) is 0. The molecule has 1 aromatic rings. The van der Waals surface area contributed by atoms with Crippen LogP contribution in [0.1, 0.15) is 59.4 Å². The van der Waals surface area contributed by atoms with Crippen LogP contribution in [0.3, 0.4) is 0 Å². The van der Waals surface area contributed by atoms with E-state index in [2.05, 4.69) is 52.8 Å². The number of benzene rings is 1. The fraction of sp³-hybridized carbons (Fsp3) is 0.667. The van der Waals surface area contributed by atoms with Gasteiger partial charge in [-0.2, -0.15) is 0 Å².